The Morgan fingerprint density at radius 2 is 1.68 bits per heavy atom. The molecule has 0 amide bonds. The Hall–Kier alpha value is -0.0400. The molecule has 112 valence electrons. The SMILES string of the molecule is CCC1CCCCC1C(NC)C1CCC(C)(C)CC1. The predicted molar refractivity (Wildman–Crippen MR) is 84.3 cm³/mol. The van der Waals surface area contributed by atoms with E-state index in [1.807, 2.05) is 0 Å². The third-order valence-electron chi connectivity index (χ3n) is 6.18. The van der Waals surface area contributed by atoms with E-state index in [1.165, 1.54) is 57.8 Å². The fourth-order valence-corrected chi connectivity index (χ4v) is 4.80. The maximum absolute atomic E-state index is 3.73. The van der Waals surface area contributed by atoms with Gasteiger partial charge in [0.1, 0.15) is 0 Å². The highest BCUT2D eigenvalue weighted by Gasteiger charge is 2.37. The first-order valence-corrected chi connectivity index (χ1v) is 8.74. The lowest BCUT2D eigenvalue weighted by Gasteiger charge is -2.44. The molecular weight excluding hydrogens is 230 g/mol. The second-order valence-electron chi connectivity index (χ2n) is 7.93. The van der Waals surface area contributed by atoms with Gasteiger partial charge >= 0.3 is 0 Å². The van der Waals surface area contributed by atoms with Crippen LogP contribution >= 0.6 is 0 Å². The molecule has 1 nitrogen and oxygen atoms in total. The van der Waals surface area contributed by atoms with Gasteiger partial charge in [0.15, 0.2) is 0 Å². The highest BCUT2D eigenvalue weighted by atomic mass is 14.9. The molecule has 1 N–H and O–H groups in total. The van der Waals surface area contributed by atoms with Crippen molar-refractivity contribution >= 4 is 0 Å². The first kappa shape index (κ1) is 15.4. The summed E-state index contributed by atoms with van der Waals surface area (Å²) in [5.74, 6) is 2.88. The Bertz CT molecular complexity index is 261. The van der Waals surface area contributed by atoms with E-state index in [9.17, 15) is 0 Å². The minimum atomic E-state index is 0.603. The molecule has 0 saturated heterocycles. The summed E-state index contributed by atoms with van der Waals surface area (Å²) in [5.41, 5.74) is 0.603. The minimum Gasteiger partial charge on any atom is -0.316 e. The lowest BCUT2D eigenvalue weighted by atomic mass is 9.65. The van der Waals surface area contributed by atoms with Crippen LogP contribution < -0.4 is 5.32 Å². The molecule has 0 bridgehead atoms. The topological polar surface area (TPSA) is 12.0 Å². The molecule has 2 saturated carbocycles. The molecule has 0 spiro atoms. The zero-order valence-electron chi connectivity index (χ0n) is 13.7. The van der Waals surface area contributed by atoms with E-state index >= 15 is 0 Å². The van der Waals surface area contributed by atoms with Crippen molar-refractivity contribution < 1.29 is 0 Å². The second-order valence-corrected chi connectivity index (χ2v) is 7.93. The molecule has 0 aliphatic heterocycles. The average molecular weight is 265 g/mol. The van der Waals surface area contributed by atoms with Crippen molar-refractivity contribution in [3.8, 4) is 0 Å². The quantitative estimate of drug-likeness (QED) is 0.753. The van der Waals surface area contributed by atoms with E-state index in [2.05, 4.69) is 33.1 Å². The maximum atomic E-state index is 3.73. The Balaban J connectivity index is 1.99. The molecule has 2 fully saturated rings. The van der Waals surface area contributed by atoms with Gasteiger partial charge in [-0.05, 0) is 62.3 Å². The van der Waals surface area contributed by atoms with E-state index in [4.69, 9.17) is 0 Å². The van der Waals surface area contributed by atoms with Crippen LogP contribution in [-0.2, 0) is 0 Å². The molecule has 0 radical (unpaired) electrons. The highest BCUT2D eigenvalue weighted by Crippen LogP contribution is 2.44. The molecule has 0 aromatic carbocycles. The van der Waals surface area contributed by atoms with Gasteiger partial charge in [-0.3, -0.25) is 0 Å². The van der Waals surface area contributed by atoms with Gasteiger partial charge in [-0.15, -0.1) is 0 Å². The van der Waals surface area contributed by atoms with Gasteiger partial charge in [-0.1, -0.05) is 46.5 Å². The Labute approximate surface area is 120 Å². The molecule has 1 heteroatoms. The summed E-state index contributed by atoms with van der Waals surface area (Å²) in [4.78, 5) is 0. The Morgan fingerprint density at radius 1 is 1.05 bits per heavy atom. The molecule has 3 unspecified atom stereocenters. The largest absolute Gasteiger partial charge is 0.316 e. The van der Waals surface area contributed by atoms with E-state index < -0.39 is 0 Å². The van der Waals surface area contributed by atoms with Crippen LogP contribution in [0.4, 0.5) is 0 Å². The molecule has 0 heterocycles. The first-order valence-electron chi connectivity index (χ1n) is 8.74. The highest BCUT2D eigenvalue weighted by molar-refractivity contribution is 4.91. The molecule has 19 heavy (non-hydrogen) atoms. The standard InChI is InChI=1S/C18H35N/c1-5-14-8-6-7-9-16(14)17(19-4)15-10-12-18(2,3)13-11-15/h14-17,19H,5-13H2,1-4H3. The van der Waals surface area contributed by atoms with Crippen LogP contribution in [0, 0.1) is 23.2 Å². The predicted octanol–water partition coefficient (Wildman–Crippen LogP) is 5.01. The van der Waals surface area contributed by atoms with Crippen LogP contribution in [0.25, 0.3) is 0 Å². The third-order valence-corrected chi connectivity index (χ3v) is 6.18. The fourth-order valence-electron chi connectivity index (χ4n) is 4.80. The lowest BCUT2D eigenvalue weighted by Crippen LogP contribution is -2.46. The van der Waals surface area contributed by atoms with Crippen molar-refractivity contribution in [3.63, 3.8) is 0 Å². The molecule has 3 atom stereocenters. The van der Waals surface area contributed by atoms with E-state index in [-0.39, 0.29) is 0 Å². The van der Waals surface area contributed by atoms with Gasteiger partial charge < -0.3 is 5.32 Å². The van der Waals surface area contributed by atoms with E-state index in [0.29, 0.717) is 5.41 Å². The number of rotatable bonds is 4. The second kappa shape index (κ2) is 6.61. The summed E-state index contributed by atoms with van der Waals surface area (Å²) in [6.45, 7) is 7.31. The van der Waals surface area contributed by atoms with Crippen molar-refractivity contribution in [2.45, 2.75) is 84.6 Å². The minimum absolute atomic E-state index is 0.603. The molecule has 2 rings (SSSR count). The van der Waals surface area contributed by atoms with Crippen molar-refractivity contribution in [2.24, 2.45) is 23.2 Å². The van der Waals surface area contributed by atoms with Gasteiger partial charge in [0.05, 0.1) is 0 Å². The van der Waals surface area contributed by atoms with E-state index in [1.54, 1.807) is 0 Å². The van der Waals surface area contributed by atoms with Crippen molar-refractivity contribution in [1.29, 1.82) is 0 Å². The zero-order chi connectivity index (χ0) is 13.9. The van der Waals surface area contributed by atoms with Gasteiger partial charge in [-0.25, -0.2) is 0 Å². The number of nitrogens with one attached hydrogen (secondary N) is 1. The zero-order valence-corrected chi connectivity index (χ0v) is 13.7. The van der Waals surface area contributed by atoms with Crippen LogP contribution in [-0.4, -0.2) is 13.1 Å². The fraction of sp³-hybridized carbons (Fsp3) is 1.00. The van der Waals surface area contributed by atoms with Gasteiger partial charge in [-0.2, -0.15) is 0 Å². The van der Waals surface area contributed by atoms with Crippen LogP contribution in [0.15, 0.2) is 0 Å². The molecule has 0 aromatic heterocycles. The first-order chi connectivity index (χ1) is 9.07. The van der Waals surface area contributed by atoms with Gasteiger partial charge in [0.2, 0.25) is 0 Å². The monoisotopic (exact) mass is 265 g/mol. The lowest BCUT2D eigenvalue weighted by molar-refractivity contribution is 0.0945. The average Bonchev–Trinajstić information content (AvgIpc) is 2.42. The summed E-state index contributed by atoms with van der Waals surface area (Å²) in [6, 6.07) is 0.793. The van der Waals surface area contributed by atoms with Crippen molar-refractivity contribution in [1.82, 2.24) is 5.32 Å². The number of hydrogen-bond donors (Lipinski definition) is 1. The Morgan fingerprint density at radius 3 is 2.26 bits per heavy atom. The Kier molecular flexibility index (Phi) is 5.34. The summed E-state index contributed by atoms with van der Waals surface area (Å²) < 4.78 is 0. The van der Waals surface area contributed by atoms with Gasteiger partial charge in [0.25, 0.3) is 0 Å². The van der Waals surface area contributed by atoms with Crippen molar-refractivity contribution in [3.05, 3.63) is 0 Å². The maximum Gasteiger partial charge on any atom is 0.0123 e. The molecular formula is C18H35N. The summed E-state index contributed by atoms with van der Waals surface area (Å²) >= 11 is 0. The summed E-state index contributed by atoms with van der Waals surface area (Å²) in [6.07, 6.45) is 13.1. The third kappa shape index (κ3) is 3.74. The van der Waals surface area contributed by atoms with Crippen LogP contribution in [0.5, 0.6) is 0 Å². The van der Waals surface area contributed by atoms with Crippen LogP contribution in [0.2, 0.25) is 0 Å². The molecule has 2 aliphatic carbocycles. The number of hydrogen-bond acceptors (Lipinski definition) is 1. The summed E-state index contributed by atoms with van der Waals surface area (Å²) in [7, 11) is 2.21. The normalized spacial score (nSPS) is 34.1. The smallest absolute Gasteiger partial charge is 0.0123 e. The molecule has 0 aromatic rings. The molecule has 2 aliphatic rings. The van der Waals surface area contributed by atoms with Crippen molar-refractivity contribution in [2.75, 3.05) is 7.05 Å². The van der Waals surface area contributed by atoms with Crippen LogP contribution in [0.1, 0.15) is 78.6 Å². The van der Waals surface area contributed by atoms with Crippen LogP contribution in [0.3, 0.4) is 0 Å². The summed E-state index contributed by atoms with van der Waals surface area (Å²) in [5, 5.41) is 3.73. The van der Waals surface area contributed by atoms with Gasteiger partial charge in [0, 0.05) is 6.04 Å². The van der Waals surface area contributed by atoms with E-state index in [0.717, 1.165) is 23.8 Å².